The minimum Gasteiger partial charge on any atom is -0.374 e. The van der Waals surface area contributed by atoms with Gasteiger partial charge in [-0.25, -0.2) is 0 Å². The second-order valence-electron chi connectivity index (χ2n) is 3.26. The van der Waals surface area contributed by atoms with Gasteiger partial charge in [-0.2, -0.15) is 0 Å². The van der Waals surface area contributed by atoms with E-state index in [1.807, 2.05) is 0 Å². The highest BCUT2D eigenvalue weighted by Gasteiger charge is 2.11. The molecule has 0 heterocycles. The smallest absolute Gasteiger partial charge is 0.0422 e. The van der Waals surface area contributed by atoms with Crippen LogP contribution < -0.4 is 0 Å². The summed E-state index contributed by atoms with van der Waals surface area (Å²) < 4.78 is 0. The van der Waals surface area contributed by atoms with E-state index in [1.54, 1.807) is 0 Å². The minimum absolute atomic E-state index is 0.997. The molecule has 0 aromatic rings. The maximum absolute atomic E-state index is 4.06. The van der Waals surface area contributed by atoms with E-state index in [0.717, 1.165) is 13.0 Å². The molecule has 12 heavy (non-hydrogen) atoms. The van der Waals surface area contributed by atoms with Gasteiger partial charge in [-0.05, 0) is 31.4 Å². The lowest BCUT2D eigenvalue weighted by Gasteiger charge is -2.26. The van der Waals surface area contributed by atoms with Gasteiger partial charge in [-0.3, -0.25) is 0 Å². The molecule has 0 aromatic carbocycles. The van der Waals surface area contributed by atoms with Gasteiger partial charge < -0.3 is 4.90 Å². The lowest BCUT2D eigenvalue weighted by atomic mass is 9.99. The second kappa shape index (κ2) is 3.61. The van der Waals surface area contributed by atoms with Crippen LogP contribution in [0.2, 0.25) is 0 Å². The summed E-state index contributed by atoms with van der Waals surface area (Å²) in [4.78, 5) is 2.25. The number of hydrogen-bond donors (Lipinski definition) is 0. The zero-order valence-corrected chi connectivity index (χ0v) is 8.22. The van der Waals surface area contributed by atoms with Crippen LogP contribution in [0.4, 0.5) is 0 Å². The normalized spacial score (nSPS) is 17.1. The largest absolute Gasteiger partial charge is 0.374 e. The Morgan fingerprint density at radius 1 is 1.58 bits per heavy atom. The van der Waals surface area contributed by atoms with Crippen molar-refractivity contribution in [3.8, 4) is 0 Å². The van der Waals surface area contributed by atoms with E-state index in [-0.39, 0.29) is 0 Å². The predicted octanol–water partition coefficient (Wildman–Crippen LogP) is 2.73. The number of likely N-dealkylation sites (N-methyl/N-ethyl adjacent to an activating group) is 1. The van der Waals surface area contributed by atoms with Gasteiger partial charge in [-0.1, -0.05) is 18.7 Å². The highest BCUT2D eigenvalue weighted by atomic mass is 15.1. The molecule has 0 fully saturated rings. The molecule has 1 aliphatic carbocycles. The fourth-order valence-corrected chi connectivity index (χ4v) is 1.56. The molecule has 1 aliphatic rings. The molecule has 0 unspecified atom stereocenters. The summed E-state index contributed by atoms with van der Waals surface area (Å²) in [5.74, 6) is 0. The molecule has 0 amide bonds. The number of hydrogen-bond acceptors (Lipinski definition) is 1. The molecule has 66 valence electrons. The topological polar surface area (TPSA) is 3.24 Å². The first-order valence-electron chi connectivity index (χ1n) is 4.43. The number of allylic oxidation sites excluding steroid dienone is 4. The fourth-order valence-electron chi connectivity index (χ4n) is 1.56. The van der Waals surface area contributed by atoms with Crippen LogP contribution >= 0.6 is 0 Å². The molecule has 0 atom stereocenters. The van der Waals surface area contributed by atoms with Gasteiger partial charge in [0.2, 0.25) is 0 Å². The molecular weight excluding hydrogens is 146 g/mol. The third kappa shape index (κ3) is 1.60. The Hall–Kier alpha value is -0.980. The Labute approximate surface area is 75.1 Å². The van der Waals surface area contributed by atoms with Gasteiger partial charge in [0.1, 0.15) is 0 Å². The van der Waals surface area contributed by atoms with Gasteiger partial charge in [0, 0.05) is 19.3 Å². The third-order valence-corrected chi connectivity index (χ3v) is 2.30. The quantitative estimate of drug-likeness (QED) is 0.605. The molecule has 1 rings (SSSR count). The Morgan fingerprint density at radius 2 is 2.25 bits per heavy atom. The number of rotatable bonds is 2. The molecule has 0 bridgehead atoms. The molecular formula is C11H17N. The Bertz CT molecular complexity index is 246. The average molecular weight is 163 g/mol. The van der Waals surface area contributed by atoms with E-state index in [4.69, 9.17) is 0 Å². The van der Waals surface area contributed by atoms with Crippen molar-refractivity contribution in [1.82, 2.24) is 4.90 Å². The van der Waals surface area contributed by atoms with Crippen molar-refractivity contribution in [2.75, 3.05) is 13.6 Å². The lowest BCUT2D eigenvalue weighted by molar-refractivity contribution is 0.443. The van der Waals surface area contributed by atoms with Gasteiger partial charge in [0.15, 0.2) is 0 Å². The summed E-state index contributed by atoms with van der Waals surface area (Å²) in [7, 11) is 2.11. The first-order valence-corrected chi connectivity index (χ1v) is 4.43. The Balaban J connectivity index is 2.96. The molecule has 0 aromatic heterocycles. The summed E-state index contributed by atoms with van der Waals surface area (Å²) in [5.41, 5.74) is 3.88. The average Bonchev–Trinajstić information content (AvgIpc) is 2.03. The first-order chi connectivity index (χ1) is 5.66. The molecule has 1 heteroatoms. The SMILES string of the molecule is C=C1CC=CC(C)=C1N(C)CC. The maximum atomic E-state index is 4.06. The van der Waals surface area contributed by atoms with Gasteiger partial charge in [-0.15, -0.1) is 0 Å². The van der Waals surface area contributed by atoms with E-state index >= 15 is 0 Å². The summed E-state index contributed by atoms with van der Waals surface area (Å²) >= 11 is 0. The van der Waals surface area contributed by atoms with Gasteiger partial charge in [0.05, 0.1) is 0 Å². The lowest BCUT2D eigenvalue weighted by Crippen LogP contribution is -2.20. The standard InChI is InChI=1S/C11H17N/c1-5-12(4)11-9(2)7-6-8-10(11)3/h6,8H,2,5,7H2,1,3-4H3. The van der Waals surface area contributed by atoms with Crippen molar-refractivity contribution in [3.05, 3.63) is 35.6 Å². The molecule has 0 aliphatic heterocycles. The summed E-state index contributed by atoms with van der Waals surface area (Å²) in [6.07, 6.45) is 5.35. The van der Waals surface area contributed by atoms with Crippen LogP contribution in [0.3, 0.4) is 0 Å². The second-order valence-corrected chi connectivity index (χ2v) is 3.26. The van der Waals surface area contributed by atoms with Crippen LogP contribution in [0.25, 0.3) is 0 Å². The van der Waals surface area contributed by atoms with Crippen LogP contribution in [0, 0.1) is 0 Å². The van der Waals surface area contributed by atoms with Gasteiger partial charge >= 0.3 is 0 Å². The molecule has 0 spiro atoms. The van der Waals surface area contributed by atoms with E-state index in [1.165, 1.54) is 16.8 Å². The predicted molar refractivity (Wildman–Crippen MR) is 53.9 cm³/mol. The van der Waals surface area contributed by atoms with Crippen LogP contribution in [0.5, 0.6) is 0 Å². The van der Waals surface area contributed by atoms with E-state index in [2.05, 4.69) is 44.5 Å². The summed E-state index contributed by atoms with van der Waals surface area (Å²) in [6.45, 7) is 9.41. The van der Waals surface area contributed by atoms with Crippen molar-refractivity contribution in [2.45, 2.75) is 20.3 Å². The van der Waals surface area contributed by atoms with Crippen molar-refractivity contribution in [2.24, 2.45) is 0 Å². The third-order valence-electron chi connectivity index (χ3n) is 2.30. The zero-order chi connectivity index (χ0) is 9.14. The molecule has 0 radical (unpaired) electrons. The van der Waals surface area contributed by atoms with Crippen LogP contribution in [-0.2, 0) is 0 Å². The molecule has 0 N–H and O–H groups in total. The van der Waals surface area contributed by atoms with Crippen molar-refractivity contribution in [1.29, 1.82) is 0 Å². The van der Waals surface area contributed by atoms with Gasteiger partial charge in [0.25, 0.3) is 0 Å². The Morgan fingerprint density at radius 3 is 2.75 bits per heavy atom. The van der Waals surface area contributed by atoms with Crippen LogP contribution in [0.15, 0.2) is 35.6 Å². The zero-order valence-electron chi connectivity index (χ0n) is 8.22. The van der Waals surface area contributed by atoms with Crippen LogP contribution in [-0.4, -0.2) is 18.5 Å². The highest BCUT2D eigenvalue weighted by molar-refractivity contribution is 5.41. The molecule has 1 nitrogen and oxygen atoms in total. The molecule has 0 saturated carbocycles. The maximum Gasteiger partial charge on any atom is 0.0422 e. The fraction of sp³-hybridized carbons (Fsp3) is 0.455. The van der Waals surface area contributed by atoms with Crippen molar-refractivity contribution < 1.29 is 0 Å². The monoisotopic (exact) mass is 163 g/mol. The Kier molecular flexibility index (Phi) is 2.74. The van der Waals surface area contributed by atoms with E-state index in [9.17, 15) is 0 Å². The van der Waals surface area contributed by atoms with Crippen molar-refractivity contribution >= 4 is 0 Å². The van der Waals surface area contributed by atoms with Crippen molar-refractivity contribution in [3.63, 3.8) is 0 Å². The number of nitrogens with zero attached hydrogens (tertiary/aromatic N) is 1. The van der Waals surface area contributed by atoms with E-state index in [0.29, 0.717) is 0 Å². The minimum atomic E-state index is 0.997. The van der Waals surface area contributed by atoms with Crippen LogP contribution in [0.1, 0.15) is 20.3 Å². The summed E-state index contributed by atoms with van der Waals surface area (Å²) in [6, 6.07) is 0. The highest BCUT2D eigenvalue weighted by Crippen LogP contribution is 2.24. The summed E-state index contributed by atoms with van der Waals surface area (Å²) in [5, 5.41) is 0. The first kappa shape index (κ1) is 9.11. The van der Waals surface area contributed by atoms with E-state index < -0.39 is 0 Å². The molecule has 0 saturated heterocycles.